The van der Waals surface area contributed by atoms with Crippen molar-refractivity contribution < 1.29 is 9.59 Å². The SMILES string of the molecule is CCCc1nc(SC)ncc1C(=O)Nc1ccccc1C(=O)c1ccccc1. The number of carbonyl (C=O) groups is 2. The van der Waals surface area contributed by atoms with E-state index >= 15 is 0 Å². The zero-order valence-corrected chi connectivity index (χ0v) is 16.6. The quantitative estimate of drug-likeness (QED) is 0.361. The van der Waals surface area contributed by atoms with Crippen LogP contribution in [0.25, 0.3) is 0 Å². The smallest absolute Gasteiger partial charge is 0.259 e. The average Bonchev–Trinajstić information content (AvgIpc) is 2.74. The number of nitrogens with zero attached hydrogens (tertiary/aromatic N) is 2. The minimum Gasteiger partial charge on any atom is -0.321 e. The normalized spacial score (nSPS) is 10.5. The number of nitrogens with one attached hydrogen (secondary N) is 1. The number of carbonyl (C=O) groups excluding carboxylic acids is 2. The molecular weight excluding hydrogens is 370 g/mol. The summed E-state index contributed by atoms with van der Waals surface area (Å²) in [4.78, 5) is 34.5. The molecule has 0 bridgehead atoms. The van der Waals surface area contributed by atoms with Gasteiger partial charge in [0.1, 0.15) is 0 Å². The van der Waals surface area contributed by atoms with Crippen molar-refractivity contribution in [3.8, 4) is 0 Å². The molecule has 0 fully saturated rings. The van der Waals surface area contributed by atoms with Crippen LogP contribution in [0.3, 0.4) is 0 Å². The van der Waals surface area contributed by atoms with Crippen molar-refractivity contribution in [3.05, 3.63) is 83.2 Å². The zero-order valence-electron chi connectivity index (χ0n) is 15.8. The Morgan fingerprint density at radius 3 is 2.43 bits per heavy atom. The Kier molecular flexibility index (Phi) is 6.55. The number of para-hydroxylation sites is 1. The van der Waals surface area contributed by atoms with Crippen molar-refractivity contribution in [1.29, 1.82) is 0 Å². The van der Waals surface area contributed by atoms with Crippen LogP contribution in [0.2, 0.25) is 0 Å². The van der Waals surface area contributed by atoms with Gasteiger partial charge in [0.25, 0.3) is 5.91 Å². The molecule has 0 atom stereocenters. The summed E-state index contributed by atoms with van der Waals surface area (Å²) in [6, 6.07) is 16.0. The molecule has 0 aliphatic rings. The van der Waals surface area contributed by atoms with Gasteiger partial charge in [0.05, 0.1) is 16.9 Å². The topological polar surface area (TPSA) is 72.0 Å². The van der Waals surface area contributed by atoms with Crippen molar-refractivity contribution in [3.63, 3.8) is 0 Å². The van der Waals surface area contributed by atoms with Crippen LogP contribution in [0, 0.1) is 0 Å². The molecule has 3 aromatic rings. The largest absolute Gasteiger partial charge is 0.321 e. The number of ketones is 1. The number of thioether (sulfide) groups is 1. The van der Waals surface area contributed by atoms with Gasteiger partial charge in [-0.05, 0) is 24.8 Å². The lowest BCUT2D eigenvalue weighted by Crippen LogP contribution is -2.18. The molecule has 5 nitrogen and oxygen atoms in total. The van der Waals surface area contributed by atoms with Gasteiger partial charge in [0.15, 0.2) is 10.9 Å². The molecule has 3 rings (SSSR count). The van der Waals surface area contributed by atoms with E-state index < -0.39 is 0 Å². The number of amides is 1. The highest BCUT2D eigenvalue weighted by molar-refractivity contribution is 7.98. The van der Waals surface area contributed by atoms with Gasteiger partial charge < -0.3 is 5.32 Å². The standard InChI is InChI=1S/C22H21N3O2S/c1-3-9-18-17(14-23-22(25-18)28-2)21(27)24-19-13-8-7-12-16(19)20(26)15-10-5-4-6-11-15/h4-8,10-14H,3,9H2,1-2H3,(H,24,27). The first-order valence-electron chi connectivity index (χ1n) is 9.04. The fourth-order valence-corrected chi connectivity index (χ4v) is 3.20. The molecule has 1 amide bonds. The second-order valence-corrected chi connectivity index (χ2v) is 6.94. The van der Waals surface area contributed by atoms with Crippen molar-refractivity contribution in [2.75, 3.05) is 11.6 Å². The van der Waals surface area contributed by atoms with Crippen LogP contribution in [-0.2, 0) is 6.42 Å². The third kappa shape index (κ3) is 4.46. The monoisotopic (exact) mass is 391 g/mol. The maximum absolute atomic E-state index is 12.9. The molecule has 2 aromatic carbocycles. The van der Waals surface area contributed by atoms with E-state index in [9.17, 15) is 9.59 Å². The molecule has 0 spiro atoms. The minimum atomic E-state index is -0.315. The van der Waals surface area contributed by atoms with Crippen LogP contribution in [-0.4, -0.2) is 27.9 Å². The third-order valence-electron chi connectivity index (χ3n) is 4.22. The summed E-state index contributed by atoms with van der Waals surface area (Å²) < 4.78 is 0. The van der Waals surface area contributed by atoms with E-state index in [1.54, 1.807) is 42.6 Å². The van der Waals surface area contributed by atoms with E-state index in [0.29, 0.717) is 39.6 Å². The van der Waals surface area contributed by atoms with Crippen LogP contribution in [0.1, 0.15) is 45.3 Å². The number of benzene rings is 2. The Balaban J connectivity index is 1.91. The van der Waals surface area contributed by atoms with Crippen molar-refractivity contribution in [2.45, 2.75) is 24.9 Å². The predicted octanol–water partition coefficient (Wildman–Crippen LogP) is 4.63. The number of aryl methyl sites for hydroxylation is 1. The lowest BCUT2D eigenvalue weighted by atomic mass is 10.0. The molecule has 0 aliphatic heterocycles. The molecule has 142 valence electrons. The van der Waals surface area contributed by atoms with Crippen molar-refractivity contribution >= 4 is 29.1 Å². The molecular formula is C22H21N3O2S. The first kappa shape index (κ1) is 19.8. The highest BCUT2D eigenvalue weighted by Gasteiger charge is 2.18. The molecule has 1 aromatic heterocycles. The summed E-state index contributed by atoms with van der Waals surface area (Å²) in [5.74, 6) is -0.455. The Bertz CT molecular complexity index is 990. The minimum absolute atomic E-state index is 0.140. The third-order valence-corrected chi connectivity index (χ3v) is 4.78. The predicted molar refractivity (Wildman–Crippen MR) is 112 cm³/mol. The van der Waals surface area contributed by atoms with Crippen LogP contribution in [0.5, 0.6) is 0 Å². The Hall–Kier alpha value is -2.99. The second kappa shape index (κ2) is 9.28. The van der Waals surface area contributed by atoms with Gasteiger partial charge in [-0.2, -0.15) is 0 Å². The van der Waals surface area contributed by atoms with Crippen LogP contribution < -0.4 is 5.32 Å². The summed E-state index contributed by atoms with van der Waals surface area (Å²) in [6.45, 7) is 2.04. The molecule has 1 N–H and O–H groups in total. The fourth-order valence-electron chi connectivity index (χ4n) is 2.84. The van der Waals surface area contributed by atoms with E-state index in [0.717, 1.165) is 6.42 Å². The van der Waals surface area contributed by atoms with Gasteiger partial charge in [-0.15, -0.1) is 0 Å². The number of hydrogen-bond donors (Lipinski definition) is 1. The van der Waals surface area contributed by atoms with E-state index in [2.05, 4.69) is 15.3 Å². The first-order chi connectivity index (χ1) is 13.6. The number of anilines is 1. The molecule has 6 heteroatoms. The molecule has 0 saturated carbocycles. The zero-order chi connectivity index (χ0) is 19.9. The summed E-state index contributed by atoms with van der Waals surface area (Å²) in [5, 5.41) is 3.51. The summed E-state index contributed by atoms with van der Waals surface area (Å²) >= 11 is 1.44. The average molecular weight is 391 g/mol. The fraction of sp³-hybridized carbons (Fsp3) is 0.182. The van der Waals surface area contributed by atoms with E-state index in [-0.39, 0.29) is 11.7 Å². The van der Waals surface area contributed by atoms with Crippen molar-refractivity contribution in [2.24, 2.45) is 0 Å². The van der Waals surface area contributed by atoms with Gasteiger partial charge in [-0.3, -0.25) is 9.59 Å². The highest BCUT2D eigenvalue weighted by atomic mass is 32.2. The van der Waals surface area contributed by atoms with Crippen LogP contribution >= 0.6 is 11.8 Å². The Labute approximate surface area is 168 Å². The number of aromatic nitrogens is 2. The summed E-state index contributed by atoms with van der Waals surface area (Å²) in [7, 11) is 0. The van der Waals surface area contributed by atoms with E-state index in [1.807, 2.05) is 31.4 Å². The highest BCUT2D eigenvalue weighted by Crippen LogP contribution is 2.21. The summed E-state index contributed by atoms with van der Waals surface area (Å²) in [6.07, 6.45) is 5.01. The second-order valence-electron chi connectivity index (χ2n) is 6.16. The molecule has 0 radical (unpaired) electrons. The Morgan fingerprint density at radius 2 is 1.71 bits per heavy atom. The van der Waals surface area contributed by atoms with Crippen molar-refractivity contribution in [1.82, 2.24) is 9.97 Å². The van der Waals surface area contributed by atoms with Gasteiger partial charge in [-0.1, -0.05) is 67.6 Å². The van der Waals surface area contributed by atoms with Crippen LogP contribution in [0.15, 0.2) is 66.0 Å². The molecule has 0 saturated heterocycles. The van der Waals surface area contributed by atoms with Crippen LogP contribution in [0.4, 0.5) is 5.69 Å². The number of hydrogen-bond acceptors (Lipinski definition) is 5. The summed E-state index contributed by atoms with van der Waals surface area (Å²) in [5.41, 5.74) is 2.63. The maximum Gasteiger partial charge on any atom is 0.259 e. The van der Waals surface area contributed by atoms with Gasteiger partial charge in [0, 0.05) is 17.3 Å². The maximum atomic E-state index is 12.9. The molecule has 28 heavy (non-hydrogen) atoms. The molecule has 0 unspecified atom stereocenters. The lowest BCUT2D eigenvalue weighted by Gasteiger charge is -2.12. The van der Waals surface area contributed by atoms with E-state index in [4.69, 9.17) is 0 Å². The van der Waals surface area contributed by atoms with Gasteiger partial charge in [-0.25, -0.2) is 9.97 Å². The van der Waals surface area contributed by atoms with Gasteiger partial charge in [0.2, 0.25) is 0 Å². The lowest BCUT2D eigenvalue weighted by molar-refractivity contribution is 0.102. The molecule has 0 aliphatic carbocycles. The first-order valence-corrected chi connectivity index (χ1v) is 10.3. The Morgan fingerprint density at radius 1 is 1.00 bits per heavy atom. The van der Waals surface area contributed by atoms with E-state index in [1.165, 1.54) is 11.8 Å². The van der Waals surface area contributed by atoms with Gasteiger partial charge >= 0.3 is 0 Å². The number of rotatable bonds is 7. The molecule has 1 heterocycles.